The lowest BCUT2D eigenvalue weighted by Crippen LogP contribution is -2.20. The van der Waals surface area contributed by atoms with Gasteiger partial charge < -0.3 is 5.32 Å². The zero-order valence-corrected chi connectivity index (χ0v) is 11.3. The summed E-state index contributed by atoms with van der Waals surface area (Å²) in [5, 5.41) is 2.82. The highest BCUT2D eigenvalue weighted by Gasteiger charge is 1.99. The molecule has 0 bridgehead atoms. The molecule has 0 spiro atoms. The summed E-state index contributed by atoms with van der Waals surface area (Å²) in [5.74, 6) is -0.455. The van der Waals surface area contributed by atoms with Gasteiger partial charge in [-0.15, -0.1) is 0 Å². The summed E-state index contributed by atoms with van der Waals surface area (Å²) < 4.78 is 12.7. The van der Waals surface area contributed by atoms with Crippen LogP contribution in [0.15, 0.2) is 54.6 Å². The summed E-state index contributed by atoms with van der Waals surface area (Å²) in [6.07, 6.45) is 3.11. The number of amides is 1. The molecule has 0 aliphatic heterocycles. The van der Waals surface area contributed by atoms with Crippen molar-refractivity contribution in [3.05, 3.63) is 77.1 Å². The van der Waals surface area contributed by atoms with Crippen molar-refractivity contribution in [3.63, 3.8) is 0 Å². The van der Waals surface area contributed by atoms with Crippen LogP contribution in [0.2, 0.25) is 0 Å². The first-order valence-corrected chi connectivity index (χ1v) is 6.41. The molecule has 0 fully saturated rings. The van der Waals surface area contributed by atoms with Gasteiger partial charge in [-0.25, -0.2) is 4.39 Å². The van der Waals surface area contributed by atoms with Crippen LogP contribution in [0, 0.1) is 12.7 Å². The second kappa shape index (κ2) is 6.66. The Kier molecular flexibility index (Phi) is 4.66. The molecule has 0 aliphatic carbocycles. The van der Waals surface area contributed by atoms with Gasteiger partial charge in [0.2, 0.25) is 5.91 Å². The Labute approximate surface area is 118 Å². The predicted octanol–water partition coefficient (Wildman–Crippen LogP) is 3.46. The van der Waals surface area contributed by atoms with Crippen LogP contribution in [-0.2, 0) is 11.3 Å². The first-order chi connectivity index (χ1) is 9.65. The molecule has 0 atom stereocenters. The van der Waals surface area contributed by atoms with Gasteiger partial charge in [0.1, 0.15) is 5.82 Å². The minimum absolute atomic E-state index is 0.169. The fourth-order valence-corrected chi connectivity index (χ4v) is 1.80. The third-order valence-electron chi connectivity index (χ3n) is 3.01. The van der Waals surface area contributed by atoms with Crippen molar-refractivity contribution in [3.8, 4) is 0 Å². The quantitative estimate of drug-likeness (QED) is 0.846. The van der Waals surface area contributed by atoms with Crippen molar-refractivity contribution in [2.75, 3.05) is 0 Å². The normalized spacial score (nSPS) is 10.7. The third-order valence-corrected chi connectivity index (χ3v) is 3.01. The first kappa shape index (κ1) is 14.0. The molecule has 20 heavy (non-hydrogen) atoms. The Balaban J connectivity index is 1.90. The topological polar surface area (TPSA) is 29.1 Å². The zero-order valence-electron chi connectivity index (χ0n) is 11.3. The van der Waals surface area contributed by atoms with Crippen molar-refractivity contribution in [1.29, 1.82) is 0 Å². The van der Waals surface area contributed by atoms with Gasteiger partial charge in [-0.3, -0.25) is 4.79 Å². The van der Waals surface area contributed by atoms with Crippen molar-refractivity contribution in [1.82, 2.24) is 5.32 Å². The molecule has 0 heterocycles. The van der Waals surface area contributed by atoms with E-state index in [-0.39, 0.29) is 11.7 Å². The number of hydrogen-bond donors (Lipinski definition) is 1. The Bertz CT molecular complexity index is 617. The van der Waals surface area contributed by atoms with Crippen LogP contribution in [0.5, 0.6) is 0 Å². The summed E-state index contributed by atoms with van der Waals surface area (Å²) in [4.78, 5) is 11.7. The lowest BCUT2D eigenvalue weighted by atomic mass is 10.1. The number of carbonyl (C=O) groups excluding carboxylic acids is 1. The Morgan fingerprint density at radius 1 is 1.15 bits per heavy atom. The summed E-state index contributed by atoms with van der Waals surface area (Å²) in [6.45, 7) is 2.51. The maximum Gasteiger partial charge on any atom is 0.244 e. The van der Waals surface area contributed by atoms with Gasteiger partial charge >= 0.3 is 0 Å². The molecule has 2 aromatic rings. The van der Waals surface area contributed by atoms with Gasteiger partial charge in [-0.2, -0.15) is 0 Å². The standard InChI is InChI=1S/C17H16FNO/c1-13-4-2-3-5-15(13)12-19-17(20)11-8-14-6-9-16(18)10-7-14/h2-11H,12H2,1H3,(H,19,20)/b11-8+. The molecule has 102 valence electrons. The van der Waals surface area contributed by atoms with E-state index in [0.29, 0.717) is 6.54 Å². The van der Waals surface area contributed by atoms with Gasteiger partial charge in [-0.1, -0.05) is 36.4 Å². The van der Waals surface area contributed by atoms with E-state index in [9.17, 15) is 9.18 Å². The fourth-order valence-electron chi connectivity index (χ4n) is 1.80. The predicted molar refractivity (Wildman–Crippen MR) is 78.5 cm³/mol. The van der Waals surface area contributed by atoms with E-state index < -0.39 is 0 Å². The monoisotopic (exact) mass is 269 g/mol. The molecule has 0 aliphatic rings. The molecule has 2 rings (SSSR count). The van der Waals surface area contributed by atoms with Crippen molar-refractivity contribution in [2.24, 2.45) is 0 Å². The molecule has 1 amide bonds. The van der Waals surface area contributed by atoms with Crippen LogP contribution in [-0.4, -0.2) is 5.91 Å². The van der Waals surface area contributed by atoms with E-state index >= 15 is 0 Å². The number of carbonyl (C=O) groups is 1. The number of aryl methyl sites for hydroxylation is 1. The highest BCUT2D eigenvalue weighted by atomic mass is 19.1. The number of nitrogens with one attached hydrogen (secondary N) is 1. The third kappa shape index (κ3) is 4.05. The van der Waals surface area contributed by atoms with E-state index in [2.05, 4.69) is 5.32 Å². The van der Waals surface area contributed by atoms with E-state index in [4.69, 9.17) is 0 Å². The summed E-state index contributed by atoms with van der Waals surface area (Å²) in [6, 6.07) is 13.9. The van der Waals surface area contributed by atoms with E-state index in [1.807, 2.05) is 31.2 Å². The molecule has 1 N–H and O–H groups in total. The summed E-state index contributed by atoms with van der Waals surface area (Å²) in [5.41, 5.74) is 3.03. The number of halogens is 1. The first-order valence-electron chi connectivity index (χ1n) is 6.41. The average molecular weight is 269 g/mol. The molecule has 0 aromatic heterocycles. The van der Waals surface area contributed by atoms with Gasteiger partial charge in [-0.05, 0) is 41.8 Å². The summed E-state index contributed by atoms with van der Waals surface area (Å²) >= 11 is 0. The van der Waals surface area contributed by atoms with Crippen LogP contribution < -0.4 is 5.32 Å². The van der Waals surface area contributed by atoms with Crippen molar-refractivity contribution in [2.45, 2.75) is 13.5 Å². The maximum atomic E-state index is 12.7. The lowest BCUT2D eigenvalue weighted by Gasteiger charge is -2.05. The molecule has 0 saturated carbocycles. The van der Waals surface area contributed by atoms with E-state index in [1.54, 1.807) is 18.2 Å². The van der Waals surface area contributed by atoms with E-state index in [0.717, 1.165) is 16.7 Å². The largest absolute Gasteiger partial charge is 0.348 e. The summed E-state index contributed by atoms with van der Waals surface area (Å²) in [7, 11) is 0. The molecule has 0 radical (unpaired) electrons. The smallest absolute Gasteiger partial charge is 0.244 e. The maximum absolute atomic E-state index is 12.7. The number of benzene rings is 2. The lowest BCUT2D eigenvalue weighted by molar-refractivity contribution is -0.116. The van der Waals surface area contributed by atoms with Crippen LogP contribution in [0.4, 0.5) is 4.39 Å². The van der Waals surface area contributed by atoms with Crippen LogP contribution >= 0.6 is 0 Å². The molecule has 0 saturated heterocycles. The number of rotatable bonds is 4. The van der Waals surface area contributed by atoms with E-state index in [1.165, 1.54) is 18.2 Å². The second-order valence-electron chi connectivity index (χ2n) is 4.53. The van der Waals surface area contributed by atoms with Gasteiger partial charge in [0.25, 0.3) is 0 Å². The van der Waals surface area contributed by atoms with Crippen molar-refractivity contribution < 1.29 is 9.18 Å². The molecular weight excluding hydrogens is 253 g/mol. The van der Waals surface area contributed by atoms with Crippen LogP contribution in [0.3, 0.4) is 0 Å². The van der Waals surface area contributed by atoms with Crippen LogP contribution in [0.25, 0.3) is 6.08 Å². The zero-order chi connectivity index (χ0) is 14.4. The number of hydrogen-bond acceptors (Lipinski definition) is 1. The average Bonchev–Trinajstić information content (AvgIpc) is 2.46. The molecule has 3 heteroatoms. The molecule has 2 aromatic carbocycles. The van der Waals surface area contributed by atoms with Crippen LogP contribution in [0.1, 0.15) is 16.7 Å². The van der Waals surface area contributed by atoms with Crippen molar-refractivity contribution >= 4 is 12.0 Å². The Morgan fingerprint density at radius 3 is 2.55 bits per heavy atom. The molecular formula is C17H16FNO. The highest BCUT2D eigenvalue weighted by molar-refractivity contribution is 5.91. The Morgan fingerprint density at radius 2 is 1.85 bits per heavy atom. The van der Waals surface area contributed by atoms with Gasteiger partial charge in [0, 0.05) is 12.6 Å². The SMILES string of the molecule is Cc1ccccc1CNC(=O)/C=C/c1ccc(F)cc1. The molecule has 0 unspecified atom stereocenters. The minimum Gasteiger partial charge on any atom is -0.348 e. The minimum atomic E-state index is -0.286. The molecule has 2 nitrogen and oxygen atoms in total. The highest BCUT2D eigenvalue weighted by Crippen LogP contribution is 2.07. The second-order valence-corrected chi connectivity index (χ2v) is 4.53. The Hall–Kier alpha value is -2.42. The fraction of sp³-hybridized carbons (Fsp3) is 0.118. The van der Waals surface area contributed by atoms with Gasteiger partial charge in [0.05, 0.1) is 0 Å². The van der Waals surface area contributed by atoms with Gasteiger partial charge in [0.15, 0.2) is 0 Å².